The number of fused-ring (bicyclic) bond motifs is 1. The van der Waals surface area contributed by atoms with Gasteiger partial charge in [-0.05, 0) is 23.8 Å². The summed E-state index contributed by atoms with van der Waals surface area (Å²) < 4.78 is 0. The van der Waals surface area contributed by atoms with E-state index >= 15 is 0 Å². The van der Waals surface area contributed by atoms with Crippen LogP contribution in [-0.4, -0.2) is 23.5 Å². The van der Waals surface area contributed by atoms with E-state index in [4.69, 9.17) is 5.11 Å². The van der Waals surface area contributed by atoms with Gasteiger partial charge in [-0.15, -0.1) is 0 Å². The van der Waals surface area contributed by atoms with Crippen molar-refractivity contribution in [3.63, 3.8) is 0 Å². The van der Waals surface area contributed by atoms with Gasteiger partial charge in [0.1, 0.15) is 0 Å². The zero-order valence-corrected chi connectivity index (χ0v) is 9.06. The van der Waals surface area contributed by atoms with Gasteiger partial charge in [-0.25, -0.2) is 4.79 Å². The minimum atomic E-state index is -0.985. The summed E-state index contributed by atoms with van der Waals surface area (Å²) in [5.41, 5.74) is 2.30. The minimum Gasteiger partial charge on any atom is -0.478 e. The van der Waals surface area contributed by atoms with Gasteiger partial charge < -0.3 is 15.7 Å². The summed E-state index contributed by atoms with van der Waals surface area (Å²) >= 11 is 0. The van der Waals surface area contributed by atoms with E-state index in [1.54, 1.807) is 18.2 Å². The van der Waals surface area contributed by atoms with E-state index in [1.807, 2.05) is 0 Å². The molecule has 1 heterocycles. The Hall–Kier alpha value is -2.30. The van der Waals surface area contributed by atoms with Crippen molar-refractivity contribution in [1.82, 2.24) is 0 Å². The Morgan fingerprint density at radius 3 is 2.94 bits per heavy atom. The molecule has 0 atom stereocenters. The van der Waals surface area contributed by atoms with Crippen LogP contribution in [0.3, 0.4) is 0 Å². The number of amides is 1. The first-order chi connectivity index (χ1) is 8.15. The molecule has 2 rings (SSSR count). The second kappa shape index (κ2) is 4.69. The maximum absolute atomic E-state index is 11.3. The number of carboxylic acid groups (broad SMARTS) is 1. The number of anilines is 2. The Balaban J connectivity index is 2.27. The Morgan fingerprint density at radius 2 is 2.18 bits per heavy atom. The molecule has 3 N–H and O–H groups in total. The summed E-state index contributed by atoms with van der Waals surface area (Å²) in [5, 5.41) is 14.4. The largest absolute Gasteiger partial charge is 0.478 e. The van der Waals surface area contributed by atoms with E-state index < -0.39 is 5.97 Å². The van der Waals surface area contributed by atoms with Crippen LogP contribution in [0.5, 0.6) is 0 Å². The monoisotopic (exact) mass is 232 g/mol. The van der Waals surface area contributed by atoms with Crippen molar-refractivity contribution in [3.8, 4) is 0 Å². The van der Waals surface area contributed by atoms with Gasteiger partial charge in [0.15, 0.2) is 0 Å². The topological polar surface area (TPSA) is 78.4 Å². The van der Waals surface area contributed by atoms with Crippen LogP contribution in [0.1, 0.15) is 12.0 Å². The molecule has 0 aliphatic carbocycles. The molecule has 0 radical (unpaired) electrons. The first kappa shape index (κ1) is 11.2. The molecule has 1 aliphatic heterocycles. The van der Waals surface area contributed by atoms with Crippen LogP contribution in [0, 0.1) is 0 Å². The van der Waals surface area contributed by atoms with Crippen LogP contribution in [-0.2, 0) is 9.59 Å². The maximum Gasteiger partial charge on any atom is 0.328 e. The second-order valence-corrected chi connectivity index (χ2v) is 3.70. The number of rotatable bonds is 2. The van der Waals surface area contributed by atoms with Gasteiger partial charge >= 0.3 is 5.97 Å². The summed E-state index contributed by atoms with van der Waals surface area (Å²) in [6, 6.07) is 5.32. The number of nitrogens with one attached hydrogen (secondary N) is 2. The minimum absolute atomic E-state index is 0.0231. The predicted molar refractivity (Wildman–Crippen MR) is 64.8 cm³/mol. The fourth-order valence-electron chi connectivity index (χ4n) is 1.61. The Morgan fingerprint density at radius 1 is 1.35 bits per heavy atom. The highest BCUT2D eigenvalue weighted by molar-refractivity contribution is 5.96. The molecule has 1 aromatic rings. The Kier molecular flexibility index (Phi) is 3.09. The predicted octanol–water partition coefficient (Wildman–Crippen LogP) is 1.54. The molecule has 0 unspecified atom stereocenters. The maximum atomic E-state index is 11.3. The van der Waals surface area contributed by atoms with E-state index in [-0.39, 0.29) is 5.91 Å². The molecule has 17 heavy (non-hydrogen) atoms. The van der Waals surface area contributed by atoms with Crippen molar-refractivity contribution >= 4 is 29.3 Å². The van der Waals surface area contributed by atoms with E-state index in [0.717, 1.165) is 23.0 Å². The number of carbonyl (C=O) groups is 2. The van der Waals surface area contributed by atoms with Crippen LogP contribution in [0.4, 0.5) is 11.4 Å². The highest BCUT2D eigenvalue weighted by Crippen LogP contribution is 2.25. The zero-order valence-electron chi connectivity index (χ0n) is 9.06. The Bertz CT molecular complexity index is 495. The van der Waals surface area contributed by atoms with Gasteiger partial charge in [-0.2, -0.15) is 0 Å². The third-order valence-corrected chi connectivity index (χ3v) is 2.40. The van der Waals surface area contributed by atoms with Crippen molar-refractivity contribution < 1.29 is 14.7 Å². The standard InChI is InChI=1S/C12H12N2O3/c15-11-5-6-13-10-7-8(2-4-12(16)17)1-3-9(10)14-11/h1-4,7,13H,5-6H2,(H,14,15)(H,16,17). The average molecular weight is 232 g/mol. The molecule has 1 amide bonds. The van der Waals surface area contributed by atoms with Gasteiger partial charge in [0.05, 0.1) is 11.4 Å². The van der Waals surface area contributed by atoms with Crippen molar-refractivity contribution in [2.24, 2.45) is 0 Å². The molecular formula is C12H12N2O3. The Labute approximate surface area is 98.1 Å². The molecule has 5 heteroatoms. The summed E-state index contributed by atoms with van der Waals surface area (Å²) in [4.78, 5) is 21.7. The molecular weight excluding hydrogens is 220 g/mol. The average Bonchev–Trinajstić information content (AvgIpc) is 2.46. The van der Waals surface area contributed by atoms with Crippen LogP contribution in [0.15, 0.2) is 24.3 Å². The quantitative estimate of drug-likeness (QED) is 0.676. The van der Waals surface area contributed by atoms with E-state index in [1.165, 1.54) is 6.08 Å². The smallest absolute Gasteiger partial charge is 0.328 e. The molecule has 88 valence electrons. The molecule has 0 spiro atoms. The number of hydrogen-bond acceptors (Lipinski definition) is 3. The number of aliphatic carboxylic acids is 1. The molecule has 0 bridgehead atoms. The molecule has 1 aromatic carbocycles. The number of benzene rings is 1. The van der Waals surface area contributed by atoms with Crippen molar-refractivity contribution in [2.45, 2.75) is 6.42 Å². The molecule has 0 saturated carbocycles. The first-order valence-corrected chi connectivity index (χ1v) is 5.24. The number of carboxylic acids is 1. The molecule has 1 aliphatic rings. The highest BCUT2D eigenvalue weighted by atomic mass is 16.4. The van der Waals surface area contributed by atoms with Crippen LogP contribution < -0.4 is 10.6 Å². The second-order valence-electron chi connectivity index (χ2n) is 3.70. The fourth-order valence-corrected chi connectivity index (χ4v) is 1.61. The van der Waals surface area contributed by atoms with Crippen molar-refractivity contribution in [3.05, 3.63) is 29.8 Å². The van der Waals surface area contributed by atoms with Gasteiger partial charge in [0.2, 0.25) is 5.91 Å². The molecule has 0 aromatic heterocycles. The lowest BCUT2D eigenvalue weighted by Crippen LogP contribution is -2.10. The van der Waals surface area contributed by atoms with Crippen LogP contribution in [0.2, 0.25) is 0 Å². The first-order valence-electron chi connectivity index (χ1n) is 5.24. The molecule has 0 fully saturated rings. The number of carbonyl (C=O) groups excluding carboxylic acids is 1. The third-order valence-electron chi connectivity index (χ3n) is 2.40. The van der Waals surface area contributed by atoms with Crippen LogP contribution in [0.25, 0.3) is 6.08 Å². The molecule has 5 nitrogen and oxygen atoms in total. The lowest BCUT2D eigenvalue weighted by Gasteiger charge is -2.08. The van der Waals surface area contributed by atoms with Gasteiger partial charge in [-0.3, -0.25) is 4.79 Å². The van der Waals surface area contributed by atoms with Crippen molar-refractivity contribution in [2.75, 3.05) is 17.2 Å². The van der Waals surface area contributed by atoms with Gasteiger partial charge in [0.25, 0.3) is 0 Å². The zero-order chi connectivity index (χ0) is 12.3. The van der Waals surface area contributed by atoms with Gasteiger partial charge in [-0.1, -0.05) is 6.07 Å². The summed E-state index contributed by atoms with van der Waals surface area (Å²) in [6.07, 6.45) is 3.02. The normalized spacial score (nSPS) is 14.7. The summed E-state index contributed by atoms with van der Waals surface area (Å²) in [5.74, 6) is -1.01. The van der Waals surface area contributed by atoms with Crippen molar-refractivity contribution in [1.29, 1.82) is 0 Å². The van der Waals surface area contributed by atoms with Crippen LogP contribution >= 0.6 is 0 Å². The highest BCUT2D eigenvalue weighted by Gasteiger charge is 2.11. The van der Waals surface area contributed by atoms with E-state index in [0.29, 0.717) is 13.0 Å². The lowest BCUT2D eigenvalue weighted by atomic mass is 10.1. The summed E-state index contributed by atoms with van der Waals surface area (Å²) in [7, 11) is 0. The fraction of sp³-hybridized carbons (Fsp3) is 0.167. The van der Waals surface area contributed by atoms with E-state index in [2.05, 4.69) is 10.6 Å². The molecule has 0 saturated heterocycles. The van der Waals surface area contributed by atoms with E-state index in [9.17, 15) is 9.59 Å². The lowest BCUT2D eigenvalue weighted by molar-refractivity contribution is -0.131. The number of hydrogen-bond donors (Lipinski definition) is 3. The SMILES string of the molecule is O=C(O)C=Cc1ccc2c(c1)NCCC(=O)N2. The summed E-state index contributed by atoms with van der Waals surface area (Å²) in [6.45, 7) is 0.574. The van der Waals surface area contributed by atoms with Gasteiger partial charge in [0, 0.05) is 19.0 Å². The third kappa shape index (κ3) is 2.84.